The molecule has 130 valence electrons. The molecule has 23 heavy (non-hydrogen) atoms. The van der Waals surface area contributed by atoms with Gasteiger partial charge in [0.05, 0.1) is 12.3 Å². The van der Waals surface area contributed by atoms with Crippen molar-refractivity contribution in [3.63, 3.8) is 0 Å². The first-order valence-corrected chi connectivity index (χ1v) is 8.44. The molecular formula is C17H27ClN2O3. The molecule has 0 spiro atoms. The largest absolute Gasteiger partial charge is 0.490 e. The van der Waals surface area contributed by atoms with Crippen molar-refractivity contribution in [2.45, 2.75) is 52.2 Å². The Kier molecular flexibility index (Phi) is 6.12. The average Bonchev–Trinajstić information content (AvgIpc) is 2.74. The lowest BCUT2D eigenvalue weighted by Gasteiger charge is -2.27. The summed E-state index contributed by atoms with van der Waals surface area (Å²) in [6.07, 6.45) is 2.78. The van der Waals surface area contributed by atoms with E-state index in [0.717, 1.165) is 25.0 Å². The van der Waals surface area contributed by atoms with E-state index in [4.69, 9.17) is 31.5 Å². The van der Waals surface area contributed by atoms with E-state index in [9.17, 15) is 0 Å². The molecule has 1 saturated carbocycles. The van der Waals surface area contributed by atoms with Crippen LogP contribution in [0, 0.1) is 12.3 Å². The molecule has 1 aromatic rings. The highest BCUT2D eigenvalue weighted by Gasteiger charge is 2.41. The summed E-state index contributed by atoms with van der Waals surface area (Å²) in [6.45, 7) is 7.40. The molecule has 2 atom stereocenters. The standard InChI is InChI=1S/C17H27ClN2O3/c1-11-13(23-12-6-7-17(2,3)15(12)19)10-14(16(18)20-11)22-9-5-8-21-4/h10,12,15H,5-9,19H2,1-4H3. The van der Waals surface area contributed by atoms with Gasteiger partial charge in [0.1, 0.15) is 11.9 Å². The Morgan fingerprint density at radius 3 is 2.70 bits per heavy atom. The second-order valence-electron chi connectivity index (χ2n) is 6.77. The van der Waals surface area contributed by atoms with Gasteiger partial charge in [0.2, 0.25) is 0 Å². The van der Waals surface area contributed by atoms with E-state index >= 15 is 0 Å². The highest BCUT2D eigenvalue weighted by atomic mass is 35.5. The van der Waals surface area contributed by atoms with Crippen molar-refractivity contribution in [3.05, 3.63) is 16.9 Å². The SMILES string of the molecule is COCCCOc1cc(OC2CCC(C)(C)C2N)c(C)nc1Cl. The number of hydrogen-bond acceptors (Lipinski definition) is 5. The number of methoxy groups -OCH3 is 1. The molecule has 2 unspecified atom stereocenters. The molecule has 0 amide bonds. The van der Waals surface area contributed by atoms with E-state index in [1.807, 2.05) is 13.0 Å². The zero-order chi connectivity index (χ0) is 17.0. The average molecular weight is 343 g/mol. The summed E-state index contributed by atoms with van der Waals surface area (Å²) in [6, 6.07) is 1.82. The van der Waals surface area contributed by atoms with Crippen molar-refractivity contribution in [2.24, 2.45) is 11.1 Å². The molecular weight excluding hydrogens is 316 g/mol. The predicted octanol–water partition coefficient (Wildman–Crippen LogP) is 3.35. The van der Waals surface area contributed by atoms with Crippen LogP contribution in [0.2, 0.25) is 5.15 Å². The van der Waals surface area contributed by atoms with Gasteiger partial charge in [0.15, 0.2) is 10.9 Å². The highest BCUT2D eigenvalue weighted by Crippen LogP contribution is 2.39. The highest BCUT2D eigenvalue weighted by molar-refractivity contribution is 6.30. The summed E-state index contributed by atoms with van der Waals surface area (Å²) in [5, 5.41) is 0.350. The Hall–Kier alpha value is -1.04. The first-order chi connectivity index (χ1) is 10.8. The van der Waals surface area contributed by atoms with Crippen LogP contribution in [-0.2, 0) is 4.74 Å². The Bertz CT molecular complexity index is 537. The number of halogens is 1. The van der Waals surface area contributed by atoms with Gasteiger partial charge in [0, 0.05) is 32.2 Å². The smallest absolute Gasteiger partial charge is 0.171 e. The number of hydrogen-bond donors (Lipinski definition) is 1. The van der Waals surface area contributed by atoms with Crippen LogP contribution in [0.5, 0.6) is 11.5 Å². The summed E-state index contributed by atoms with van der Waals surface area (Å²) in [5.74, 6) is 1.23. The molecule has 6 heteroatoms. The lowest BCUT2D eigenvalue weighted by atomic mass is 9.88. The molecule has 0 bridgehead atoms. The van der Waals surface area contributed by atoms with Crippen molar-refractivity contribution in [1.29, 1.82) is 0 Å². The third kappa shape index (κ3) is 4.49. The van der Waals surface area contributed by atoms with Gasteiger partial charge < -0.3 is 19.9 Å². The maximum absolute atomic E-state index is 6.32. The van der Waals surface area contributed by atoms with Crippen molar-refractivity contribution in [1.82, 2.24) is 4.98 Å². The van der Waals surface area contributed by atoms with E-state index in [-0.39, 0.29) is 17.6 Å². The maximum atomic E-state index is 6.32. The fraction of sp³-hybridized carbons (Fsp3) is 0.706. The summed E-state index contributed by atoms with van der Waals surface area (Å²) < 4.78 is 16.8. The zero-order valence-corrected chi connectivity index (χ0v) is 15.2. The number of nitrogens with zero attached hydrogens (tertiary/aromatic N) is 1. The molecule has 1 aromatic heterocycles. The van der Waals surface area contributed by atoms with Gasteiger partial charge in [-0.3, -0.25) is 0 Å². The fourth-order valence-electron chi connectivity index (χ4n) is 2.81. The summed E-state index contributed by atoms with van der Waals surface area (Å²) in [5.41, 5.74) is 7.16. The first-order valence-electron chi connectivity index (χ1n) is 8.06. The van der Waals surface area contributed by atoms with E-state index in [1.165, 1.54) is 0 Å². The number of aryl methyl sites for hydroxylation is 1. The van der Waals surface area contributed by atoms with Gasteiger partial charge in [0.25, 0.3) is 0 Å². The number of nitrogens with two attached hydrogens (primary N) is 1. The van der Waals surface area contributed by atoms with Crippen molar-refractivity contribution in [2.75, 3.05) is 20.3 Å². The normalized spacial score (nSPS) is 23.0. The molecule has 1 fully saturated rings. The minimum Gasteiger partial charge on any atom is -0.490 e. The van der Waals surface area contributed by atoms with Crippen LogP contribution >= 0.6 is 11.6 Å². The van der Waals surface area contributed by atoms with Crippen LogP contribution in [0.3, 0.4) is 0 Å². The minimum absolute atomic E-state index is 0.00338. The summed E-state index contributed by atoms with van der Waals surface area (Å²) in [7, 11) is 1.67. The molecule has 1 aliphatic rings. The zero-order valence-electron chi connectivity index (χ0n) is 14.4. The molecule has 1 heterocycles. The number of ether oxygens (including phenoxy) is 3. The Balaban J connectivity index is 2.06. The Morgan fingerprint density at radius 1 is 1.35 bits per heavy atom. The third-order valence-corrected chi connectivity index (χ3v) is 4.76. The first kappa shape index (κ1) is 18.3. The number of pyridine rings is 1. The van der Waals surface area contributed by atoms with E-state index in [0.29, 0.717) is 29.9 Å². The molecule has 0 saturated heterocycles. The van der Waals surface area contributed by atoms with E-state index < -0.39 is 0 Å². The molecule has 2 rings (SSSR count). The lowest BCUT2D eigenvalue weighted by molar-refractivity contribution is 0.160. The van der Waals surface area contributed by atoms with Crippen LogP contribution in [0.25, 0.3) is 0 Å². The molecule has 5 nitrogen and oxygen atoms in total. The molecule has 0 radical (unpaired) electrons. The van der Waals surface area contributed by atoms with Gasteiger partial charge in [-0.15, -0.1) is 0 Å². The lowest BCUT2D eigenvalue weighted by Crippen LogP contribution is -2.42. The Morgan fingerprint density at radius 2 is 2.09 bits per heavy atom. The Labute approximate surface area is 143 Å². The molecule has 0 aromatic carbocycles. The second-order valence-corrected chi connectivity index (χ2v) is 7.12. The summed E-state index contributed by atoms with van der Waals surface area (Å²) >= 11 is 6.16. The van der Waals surface area contributed by atoms with Crippen molar-refractivity contribution >= 4 is 11.6 Å². The minimum atomic E-state index is -0.00647. The molecule has 1 aliphatic carbocycles. The quantitative estimate of drug-likeness (QED) is 0.608. The fourth-order valence-corrected chi connectivity index (χ4v) is 3.04. The van der Waals surface area contributed by atoms with Gasteiger partial charge in [-0.2, -0.15) is 0 Å². The van der Waals surface area contributed by atoms with E-state index in [1.54, 1.807) is 7.11 Å². The predicted molar refractivity (Wildman–Crippen MR) is 91.4 cm³/mol. The van der Waals surface area contributed by atoms with Crippen LogP contribution in [0.15, 0.2) is 6.07 Å². The van der Waals surface area contributed by atoms with E-state index in [2.05, 4.69) is 18.8 Å². The second kappa shape index (κ2) is 7.69. The van der Waals surface area contributed by atoms with Gasteiger partial charge in [-0.25, -0.2) is 4.98 Å². The number of aromatic nitrogens is 1. The van der Waals surface area contributed by atoms with Crippen molar-refractivity contribution in [3.8, 4) is 11.5 Å². The van der Waals surface area contributed by atoms with Crippen LogP contribution in [0.4, 0.5) is 0 Å². The number of rotatable bonds is 7. The van der Waals surface area contributed by atoms with Gasteiger partial charge in [-0.05, 0) is 25.2 Å². The molecule has 2 N–H and O–H groups in total. The van der Waals surface area contributed by atoms with Gasteiger partial charge >= 0.3 is 0 Å². The molecule has 0 aliphatic heterocycles. The summed E-state index contributed by atoms with van der Waals surface area (Å²) in [4.78, 5) is 4.32. The monoisotopic (exact) mass is 342 g/mol. The van der Waals surface area contributed by atoms with Crippen LogP contribution in [-0.4, -0.2) is 37.5 Å². The van der Waals surface area contributed by atoms with Gasteiger partial charge in [-0.1, -0.05) is 25.4 Å². The topological polar surface area (TPSA) is 66.6 Å². The van der Waals surface area contributed by atoms with Crippen LogP contribution in [0.1, 0.15) is 38.8 Å². The third-order valence-electron chi connectivity index (χ3n) is 4.49. The maximum Gasteiger partial charge on any atom is 0.171 e. The van der Waals surface area contributed by atoms with Crippen LogP contribution < -0.4 is 15.2 Å². The van der Waals surface area contributed by atoms with Crippen molar-refractivity contribution < 1.29 is 14.2 Å².